The lowest BCUT2D eigenvalue weighted by Crippen LogP contribution is -2.48. The zero-order valence-electron chi connectivity index (χ0n) is 9.88. The van der Waals surface area contributed by atoms with E-state index in [1.54, 1.807) is 0 Å². The number of carbonyl (C=O) groups is 1. The fourth-order valence-corrected chi connectivity index (χ4v) is 1.60. The highest BCUT2D eigenvalue weighted by Crippen LogP contribution is 2.17. The van der Waals surface area contributed by atoms with Gasteiger partial charge in [0.25, 0.3) is 0 Å². The summed E-state index contributed by atoms with van der Waals surface area (Å²) in [4.78, 5) is 11.8. The SMILES string of the molecule is CC1CC(NC(=O)C(C)(C)CN)CCO1. The summed E-state index contributed by atoms with van der Waals surface area (Å²) in [5.74, 6) is 0.0455. The average Bonchev–Trinajstić information content (AvgIpc) is 2.17. The van der Waals surface area contributed by atoms with Gasteiger partial charge >= 0.3 is 0 Å². The molecule has 1 fully saturated rings. The van der Waals surface area contributed by atoms with Crippen molar-refractivity contribution in [3.8, 4) is 0 Å². The smallest absolute Gasteiger partial charge is 0.227 e. The van der Waals surface area contributed by atoms with Crippen LogP contribution in [0.3, 0.4) is 0 Å². The molecule has 0 bridgehead atoms. The number of amides is 1. The molecule has 2 atom stereocenters. The largest absolute Gasteiger partial charge is 0.378 e. The van der Waals surface area contributed by atoms with E-state index in [2.05, 4.69) is 5.32 Å². The molecule has 1 saturated heterocycles. The highest BCUT2D eigenvalue weighted by Gasteiger charge is 2.29. The standard InChI is InChI=1S/C11H22N2O2/c1-8-6-9(4-5-15-8)13-10(14)11(2,3)7-12/h8-9H,4-7,12H2,1-3H3,(H,13,14). The molecular weight excluding hydrogens is 192 g/mol. The third-order valence-electron chi connectivity index (χ3n) is 2.95. The number of nitrogens with two attached hydrogens (primary N) is 1. The molecule has 0 aromatic heterocycles. The highest BCUT2D eigenvalue weighted by atomic mass is 16.5. The molecule has 1 aliphatic rings. The summed E-state index contributed by atoms with van der Waals surface area (Å²) in [6.07, 6.45) is 2.04. The summed E-state index contributed by atoms with van der Waals surface area (Å²) in [5.41, 5.74) is 5.08. The van der Waals surface area contributed by atoms with Crippen molar-refractivity contribution in [3.63, 3.8) is 0 Å². The fraction of sp³-hybridized carbons (Fsp3) is 0.909. The Hall–Kier alpha value is -0.610. The lowest BCUT2D eigenvalue weighted by Gasteiger charge is -2.31. The number of hydrogen-bond donors (Lipinski definition) is 2. The Bertz CT molecular complexity index is 229. The predicted octanol–water partition coefficient (Wildman–Crippen LogP) is 0.655. The molecule has 3 N–H and O–H groups in total. The van der Waals surface area contributed by atoms with Crippen molar-refractivity contribution in [2.24, 2.45) is 11.1 Å². The van der Waals surface area contributed by atoms with Gasteiger partial charge in [0, 0.05) is 19.2 Å². The first-order valence-electron chi connectivity index (χ1n) is 5.58. The molecule has 1 heterocycles. The van der Waals surface area contributed by atoms with Gasteiger partial charge in [0.1, 0.15) is 0 Å². The molecule has 4 heteroatoms. The molecule has 1 aliphatic heterocycles. The average molecular weight is 214 g/mol. The van der Waals surface area contributed by atoms with Gasteiger partial charge in [-0.15, -0.1) is 0 Å². The lowest BCUT2D eigenvalue weighted by molar-refractivity contribution is -0.130. The Balaban J connectivity index is 2.44. The first-order valence-corrected chi connectivity index (χ1v) is 5.58. The lowest BCUT2D eigenvalue weighted by atomic mass is 9.91. The quantitative estimate of drug-likeness (QED) is 0.725. The number of hydrogen-bond acceptors (Lipinski definition) is 3. The molecule has 1 rings (SSSR count). The summed E-state index contributed by atoms with van der Waals surface area (Å²) < 4.78 is 5.43. The molecule has 0 aromatic rings. The van der Waals surface area contributed by atoms with Crippen LogP contribution < -0.4 is 11.1 Å². The fourth-order valence-electron chi connectivity index (χ4n) is 1.60. The first kappa shape index (κ1) is 12.5. The van der Waals surface area contributed by atoms with Crippen LogP contribution in [0.5, 0.6) is 0 Å². The van der Waals surface area contributed by atoms with Crippen molar-refractivity contribution < 1.29 is 9.53 Å². The maximum Gasteiger partial charge on any atom is 0.227 e. The van der Waals surface area contributed by atoms with Crippen LogP contribution in [0.15, 0.2) is 0 Å². The van der Waals surface area contributed by atoms with Gasteiger partial charge in [-0.2, -0.15) is 0 Å². The number of carbonyl (C=O) groups excluding carboxylic acids is 1. The van der Waals surface area contributed by atoms with Crippen LogP contribution in [0.2, 0.25) is 0 Å². The van der Waals surface area contributed by atoms with Gasteiger partial charge in [-0.25, -0.2) is 0 Å². The first-order chi connectivity index (χ1) is 6.95. The van der Waals surface area contributed by atoms with Gasteiger partial charge in [-0.05, 0) is 33.6 Å². The minimum Gasteiger partial charge on any atom is -0.378 e. The summed E-state index contributed by atoms with van der Waals surface area (Å²) in [5, 5.41) is 3.04. The van der Waals surface area contributed by atoms with Gasteiger partial charge in [0.05, 0.1) is 11.5 Å². The normalized spacial score (nSPS) is 27.5. The van der Waals surface area contributed by atoms with Crippen LogP contribution >= 0.6 is 0 Å². The van der Waals surface area contributed by atoms with Gasteiger partial charge in [-0.3, -0.25) is 4.79 Å². The van der Waals surface area contributed by atoms with Crippen LogP contribution in [0.25, 0.3) is 0 Å². The molecule has 1 amide bonds. The Kier molecular flexibility index (Phi) is 4.11. The summed E-state index contributed by atoms with van der Waals surface area (Å²) in [7, 11) is 0. The van der Waals surface area contributed by atoms with Crippen molar-refractivity contribution >= 4 is 5.91 Å². The van der Waals surface area contributed by atoms with Crippen LogP contribution in [-0.2, 0) is 9.53 Å². The molecule has 4 nitrogen and oxygen atoms in total. The Morgan fingerprint density at radius 1 is 1.60 bits per heavy atom. The Morgan fingerprint density at radius 2 is 2.27 bits per heavy atom. The van der Waals surface area contributed by atoms with Gasteiger partial charge < -0.3 is 15.8 Å². The summed E-state index contributed by atoms with van der Waals surface area (Å²) in [6.45, 7) is 6.87. The second-order valence-electron chi connectivity index (χ2n) is 4.96. The van der Waals surface area contributed by atoms with Crippen molar-refractivity contribution in [2.75, 3.05) is 13.2 Å². The number of nitrogens with one attached hydrogen (secondary N) is 1. The summed E-state index contributed by atoms with van der Waals surface area (Å²) >= 11 is 0. The minimum absolute atomic E-state index is 0.0455. The summed E-state index contributed by atoms with van der Waals surface area (Å²) in [6, 6.07) is 0.243. The van der Waals surface area contributed by atoms with E-state index in [4.69, 9.17) is 10.5 Å². The predicted molar refractivity (Wildman–Crippen MR) is 59.4 cm³/mol. The number of ether oxygens (including phenoxy) is 1. The zero-order chi connectivity index (χ0) is 11.5. The van der Waals surface area contributed by atoms with Crippen LogP contribution in [0.4, 0.5) is 0 Å². The van der Waals surface area contributed by atoms with Gasteiger partial charge in [0.2, 0.25) is 5.91 Å². The van der Waals surface area contributed by atoms with E-state index in [-0.39, 0.29) is 18.1 Å². The third kappa shape index (κ3) is 3.47. The minimum atomic E-state index is -0.471. The number of rotatable bonds is 3. The van der Waals surface area contributed by atoms with E-state index >= 15 is 0 Å². The van der Waals surface area contributed by atoms with Gasteiger partial charge in [-0.1, -0.05) is 0 Å². The van der Waals surface area contributed by atoms with Crippen LogP contribution in [0, 0.1) is 5.41 Å². The molecule has 15 heavy (non-hydrogen) atoms. The third-order valence-corrected chi connectivity index (χ3v) is 2.95. The van der Waals surface area contributed by atoms with E-state index in [9.17, 15) is 4.79 Å². The maximum atomic E-state index is 11.8. The monoisotopic (exact) mass is 214 g/mol. The molecule has 0 spiro atoms. The zero-order valence-corrected chi connectivity index (χ0v) is 9.88. The molecule has 0 aromatic carbocycles. The van der Waals surface area contributed by atoms with Crippen molar-refractivity contribution in [1.82, 2.24) is 5.32 Å². The Labute approximate surface area is 91.5 Å². The second kappa shape index (κ2) is 4.94. The van der Waals surface area contributed by atoms with E-state index in [0.29, 0.717) is 6.54 Å². The molecule has 0 saturated carbocycles. The van der Waals surface area contributed by atoms with E-state index in [1.807, 2.05) is 20.8 Å². The van der Waals surface area contributed by atoms with E-state index in [1.165, 1.54) is 0 Å². The molecule has 88 valence electrons. The second-order valence-corrected chi connectivity index (χ2v) is 4.96. The van der Waals surface area contributed by atoms with Crippen LogP contribution in [-0.4, -0.2) is 31.2 Å². The topological polar surface area (TPSA) is 64.4 Å². The molecule has 0 radical (unpaired) electrons. The molecule has 0 aliphatic carbocycles. The molecule has 2 unspecified atom stereocenters. The van der Waals surface area contributed by atoms with Gasteiger partial charge in [0.15, 0.2) is 0 Å². The van der Waals surface area contributed by atoms with E-state index in [0.717, 1.165) is 19.4 Å². The van der Waals surface area contributed by atoms with E-state index < -0.39 is 5.41 Å². The van der Waals surface area contributed by atoms with Crippen molar-refractivity contribution in [2.45, 2.75) is 45.8 Å². The maximum absolute atomic E-state index is 11.8. The molecular formula is C11H22N2O2. The van der Waals surface area contributed by atoms with Crippen LogP contribution in [0.1, 0.15) is 33.6 Å². The van der Waals surface area contributed by atoms with Crippen molar-refractivity contribution in [1.29, 1.82) is 0 Å². The van der Waals surface area contributed by atoms with Crippen molar-refractivity contribution in [3.05, 3.63) is 0 Å². The highest BCUT2D eigenvalue weighted by molar-refractivity contribution is 5.82. The Morgan fingerprint density at radius 3 is 2.80 bits per heavy atom.